The van der Waals surface area contributed by atoms with Crippen molar-refractivity contribution in [3.05, 3.63) is 53.9 Å². The van der Waals surface area contributed by atoms with Gasteiger partial charge in [0.15, 0.2) is 0 Å². The van der Waals surface area contributed by atoms with Gasteiger partial charge in [0.05, 0.1) is 18.3 Å². The highest BCUT2D eigenvalue weighted by molar-refractivity contribution is 5.96. The van der Waals surface area contributed by atoms with E-state index < -0.39 is 12.0 Å². The van der Waals surface area contributed by atoms with Crippen molar-refractivity contribution >= 4 is 11.9 Å². The van der Waals surface area contributed by atoms with Gasteiger partial charge in [0.2, 0.25) is 0 Å². The summed E-state index contributed by atoms with van der Waals surface area (Å²) in [5.41, 5.74) is 1.53. The van der Waals surface area contributed by atoms with Crippen LogP contribution < -0.4 is 0 Å². The monoisotopic (exact) mass is 313 g/mol. The lowest BCUT2D eigenvalue weighted by atomic mass is 10.0. The number of piperidine rings is 1. The highest BCUT2D eigenvalue weighted by atomic mass is 16.4. The van der Waals surface area contributed by atoms with E-state index in [0.717, 1.165) is 18.4 Å². The highest BCUT2D eigenvalue weighted by Crippen LogP contribution is 2.20. The molecule has 1 fully saturated rings. The largest absolute Gasteiger partial charge is 0.480 e. The molecule has 3 rings (SSSR count). The Balaban J connectivity index is 1.74. The van der Waals surface area contributed by atoms with Crippen LogP contribution in [0.1, 0.15) is 35.2 Å². The summed E-state index contributed by atoms with van der Waals surface area (Å²) in [5, 5.41) is 13.5. The van der Waals surface area contributed by atoms with Gasteiger partial charge in [-0.25, -0.2) is 4.79 Å². The Bertz CT molecular complexity index is 696. The van der Waals surface area contributed by atoms with Crippen molar-refractivity contribution in [1.82, 2.24) is 14.7 Å². The summed E-state index contributed by atoms with van der Waals surface area (Å²) in [6.45, 7) is 1.07. The maximum Gasteiger partial charge on any atom is 0.326 e. The molecular weight excluding hydrogens is 294 g/mol. The SMILES string of the molecule is O=C(O)C1CCCCN1C(=O)c1cnn(Cc2ccccc2)c1. The number of amides is 1. The first-order valence-corrected chi connectivity index (χ1v) is 7.75. The van der Waals surface area contributed by atoms with E-state index in [1.165, 1.54) is 11.1 Å². The number of nitrogens with zero attached hydrogens (tertiary/aromatic N) is 3. The summed E-state index contributed by atoms with van der Waals surface area (Å²) in [5.74, 6) is -1.19. The van der Waals surface area contributed by atoms with Gasteiger partial charge in [0, 0.05) is 12.7 Å². The van der Waals surface area contributed by atoms with E-state index in [1.54, 1.807) is 10.9 Å². The number of carboxylic acid groups (broad SMARTS) is 1. The second-order valence-electron chi connectivity index (χ2n) is 5.76. The second-order valence-corrected chi connectivity index (χ2v) is 5.76. The van der Waals surface area contributed by atoms with Gasteiger partial charge in [-0.05, 0) is 24.8 Å². The zero-order valence-corrected chi connectivity index (χ0v) is 12.8. The topological polar surface area (TPSA) is 75.4 Å². The molecule has 1 N–H and O–H groups in total. The number of aliphatic carboxylic acids is 1. The fraction of sp³-hybridized carbons (Fsp3) is 0.353. The molecule has 1 aromatic heterocycles. The summed E-state index contributed by atoms with van der Waals surface area (Å²) in [6, 6.07) is 9.12. The Morgan fingerprint density at radius 1 is 1.22 bits per heavy atom. The van der Waals surface area contributed by atoms with Crippen molar-refractivity contribution < 1.29 is 14.7 Å². The summed E-state index contributed by atoms with van der Waals surface area (Å²) in [4.78, 5) is 25.4. The van der Waals surface area contributed by atoms with Crippen LogP contribution in [0.15, 0.2) is 42.7 Å². The lowest BCUT2D eigenvalue weighted by Crippen LogP contribution is -2.47. The van der Waals surface area contributed by atoms with Crippen molar-refractivity contribution in [1.29, 1.82) is 0 Å². The average molecular weight is 313 g/mol. The van der Waals surface area contributed by atoms with Gasteiger partial charge in [0.1, 0.15) is 6.04 Å². The fourth-order valence-corrected chi connectivity index (χ4v) is 2.93. The van der Waals surface area contributed by atoms with E-state index >= 15 is 0 Å². The van der Waals surface area contributed by atoms with Crippen LogP contribution in [0, 0.1) is 0 Å². The highest BCUT2D eigenvalue weighted by Gasteiger charge is 2.32. The average Bonchev–Trinajstić information content (AvgIpc) is 3.03. The number of benzene rings is 1. The van der Waals surface area contributed by atoms with Gasteiger partial charge in [-0.1, -0.05) is 30.3 Å². The van der Waals surface area contributed by atoms with Crippen LogP contribution >= 0.6 is 0 Å². The minimum atomic E-state index is -0.935. The van der Waals surface area contributed by atoms with Crippen LogP contribution in [0.3, 0.4) is 0 Å². The van der Waals surface area contributed by atoms with Gasteiger partial charge in [-0.3, -0.25) is 9.48 Å². The molecule has 0 saturated carbocycles. The molecule has 1 aliphatic heterocycles. The van der Waals surface area contributed by atoms with Crippen LogP contribution in [0.25, 0.3) is 0 Å². The van der Waals surface area contributed by atoms with Gasteiger partial charge in [-0.15, -0.1) is 0 Å². The maximum atomic E-state index is 12.6. The van der Waals surface area contributed by atoms with Crippen LogP contribution in [0.5, 0.6) is 0 Å². The second kappa shape index (κ2) is 6.64. The van der Waals surface area contributed by atoms with Gasteiger partial charge in [0.25, 0.3) is 5.91 Å². The molecule has 23 heavy (non-hydrogen) atoms. The molecule has 2 aromatic rings. The number of likely N-dealkylation sites (tertiary alicyclic amines) is 1. The molecule has 120 valence electrons. The van der Waals surface area contributed by atoms with Crippen LogP contribution in [0.4, 0.5) is 0 Å². The van der Waals surface area contributed by atoms with Crippen molar-refractivity contribution in [3.63, 3.8) is 0 Å². The first kappa shape index (κ1) is 15.3. The molecule has 0 aliphatic carbocycles. The van der Waals surface area contributed by atoms with E-state index in [0.29, 0.717) is 25.1 Å². The molecule has 1 atom stereocenters. The standard InChI is InChI=1S/C17H19N3O3/c21-16(20-9-5-4-8-15(20)17(22)23)14-10-18-19(12-14)11-13-6-2-1-3-7-13/h1-3,6-7,10,12,15H,4-5,8-9,11H2,(H,22,23). The number of rotatable bonds is 4. The predicted molar refractivity (Wildman–Crippen MR) is 84.1 cm³/mol. The Morgan fingerprint density at radius 3 is 2.74 bits per heavy atom. The maximum absolute atomic E-state index is 12.6. The molecular formula is C17H19N3O3. The molecule has 2 heterocycles. The molecule has 1 unspecified atom stereocenters. The Labute approximate surface area is 134 Å². The third-order valence-corrected chi connectivity index (χ3v) is 4.12. The van der Waals surface area contributed by atoms with Gasteiger partial charge >= 0.3 is 5.97 Å². The Hall–Kier alpha value is -2.63. The first-order valence-electron chi connectivity index (χ1n) is 7.75. The number of carbonyl (C=O) groups excluding carboxylic acids is 1. The fourth-order valence-electron chi connectivity index (χ4n) is 2.93. The number of carboxylic acids is 1. The van der Waals surface area contributed by atoms with Crippen molar-refractivity contribution in [2.24, 2.45) is 0 Å². The lowest BCUT2D eigenvalue weighted by Gasteiger charge is -2.32. The minimum Gasteiger partial charge on any atom is -0.480 e. The number of aromatic nitrogens is 2. The van der Waals surface area contributed by atoms with Gasteiger partial charge < -0.3 is 10.0 Å². The Kier molecular flexibility index (Phi) is 4.41. The van der Waals surface area contributed by atoms with Crippen LogP contribution in [0.2, 0.25) is 0 Å². The zero-order chi connectivity index (χ0) is 16.2. The molecule has 0 radical (unpaired) electrons. The third kappa shape index (κ3) is 3.41. The van der Waals surface area contributed by atoms with E-state index in [2.05, 4.69) is 5.10 Å². The van der Waals surface area contributed by atoms with Crippen LogP contribution in [-0.2, 0) is 11.3 Å². The Morgan fingerprint density at radius 2 is 2.00 bits per heavy atom. The predicted octanol–water partition coefficient (Wildman–Crippen LogP) is 2.01. The minimum absolute atomic E-state index is 0.253. The lowest BCUT2D eigenvalue weighted by molar-refractivity contribution is -0.143. The number of hydrogen-bond donors (Lipinski definition) is 1. The normalized spacial score (nSPS) is 17.9. The first-order chi connectivity index (χ1) is 11.1. The molecule has 1 saturated heterocycles. The van der Waals surface area contributed by atoms with E-state index in [9.17, 15) is 14.7 Å². The summed E-state index contributed by atoms with van der Waals surface area (Å²) in [6.07, 6.45) is 5.39. The summed E-state index contributed by atoms with van der Waals surface area (Å²) >= 11 is 0. The smallest absolute Gasteiger partial charge is 0.326 e. The summed E-state index contributed by atoms with van der Waals surface area (Å²) in [7, 11) is 0. The van der Waals surface area contributed by atoms with Crippen molar-refractivity contribution in [3.8, 4) is 0 Å². The number of carbonyl (C=O) groups is 2. The zero-order valence-electron chi connectivity index (χ0n) is 12.8. The number of hydrogen-bond acceptors (Lipinski definition) is 3. The van der Waals surface area contributed by atoms with Crippen LogP contribution in [-0.4, -0.2) is 44.3 Å². The van der Waals surface area contributed by atoms with Gasteiger partial charge in [-0.2, -0.15) is 5.10 Å². The molecule has 6 nitrogen and oxygen atoms in total. The van der Waals surface area contributed by atoms with Crippen molar-refractivity contribution in [2.75, 3.05) is 6.54 Å². The quantitative estimate of drug-likeness (QED) is 0.937. The molecule has 0 spiro atoms. The molecule has 1 amide bonds. The van der Waals surface area contributed by atoms with Crippen molar-refractivity contribution in [2.45, 2.75) is 31.8 Å². The summed E-state index contributed by atoms with van der Waals surface area (Å²) < 4.78 is 1.70. The molecule has 1 aliphatic rings. The van der Waals surface area contributed by atoms with E-state index in [4.69, 9.17) is 0 Å². The molecule has 6 heteroatoms. The van der Waals surface area contributed by atoms with E-state index in [1.807, 2.05) is 30.3 Å². The molecule has 1 aromatic carbocycles. The third-order valence-electron chi connectivity index (χ3n) is 4.12. The molecule has 0 bridgehead atoms. The van der Waals surface area contributed by atoms with E-state index in [-0.39, 0.29) is 5.91 Å².